The van der Waals surface area contributed by atoms with Gasteiger partial charge in [0.2, 0.25) is 0 Å². The minimum atomic E-state index is -0.872. The summed E-state index contributed by atoms with van der Waals surface area (Å²) in [7, 11) is 0. The summed E-state index contributed by atoms with van der Waals surface area (Å²) in [5, 5.41) is 19.5. The van der Waals surface area contributed by atoms with Gasteiger partial charge in [0.25, 0.3) is 11.6 Å². The maximum absolute atomic E-state index is 12.9. The first-order valence-electron chi connectivity index (χ1n) is 8.06. The molecule has 2 aromatic rings. The second kappa shape index (κ2) is 7.99. The number of nitrogens with one attached hydrogen (secondary N) is 3. The summed E-state index contributed by atoms with van der Waals surface area (Å²) in [5.74, 6) is -0.492. The van der Waals surface area contributed by atoms with Crippen LogP contribution in [0.4, 0.5) is 16.2 Å². The molecule has 0 spiro atoms. The number of hydrogen-bond donors (Lipinski definition) is 3. The largest absolute Gasteiger partial charge is 0.327 e. The number of carbonyl (C=O) groups excluding carboxylic acids is 2. The second-order valence-electron chi connectivity index (χ2n) is 5.97. The van der Waals surface area contributed by atoms with Gasteiger partial charge in [-0.25, -0.2) is 4.79 Å². The number of nitro groups is 1. The van der Waals surface area contributed by atoms with Crippen molar-refractivity contribution in [3.8, 4) is 0 Å². The molecule has 0 saturated heterocycles. The number of hydrogen-bond acceptors (Lipinski definition) is 4. The number of benzene rings is 2. The molecule has 1 aliphatic rings. The first-order valence-corrected chi connectivity index (χ1v) is 9.23. The van der Waals surface area contributed by atoms with E-state index in [0.717, 1.165) is 0 Å². The Bertz CT molecular complexity index is 1020. The van der Waals surface area contributed by atoms with Gasteiger partial charge in [0.15, 0.2) is 0 Å². The van der Waals surface area contributed by atoms with Crippen molar-refractivity contribution in [2.24, 2.45) is 0 Å². The normalized spacial score (nSPS) is 16.2. The van der Waals surface area contributed by atoms with Gasteiger partial charge in [-0.1, -0.05) is 29.8 Å². The minimum absolute atomic E-state index is 0.172. The number of rotatable bonds is 4. The van der Waals surface area contributed by atoms with Crippen LogP contribution in [0, 0.1) is 10.1 Å². The van der Waals surface area contributed by atoms with Crippen molar-refractivity contribution in [1.29, 1.82) is 0 Å². The fraction of sp³-hybridized carbons (Fsp3) is 0.111. The predicted octanol–water partition coefficient (Wildman–Crippen LogP) is 4.28. The molecule has 0 aliphatic carbocycles. The van der Waals surface area contributed by atoms with Crippen molar-refractivity contribution in [3.05, 3.63) is 78.9 Å². The topological polar surface area (TPSA) is 113 Å². The number of para-hydroxylation sites is 1. The molecule has 10 heteroatoms. The molecule has 1 heterocycles. The number of anilines is 1. The van der Waals surface area contributed by atoms with Gasteiger partial charge in [0, 0.05) is 11.8 Å². The molecule has 3 N–H and O–H groups in total. The fourth-order valence-electron chi connectivity index (χ4n) is 2.85. The van der Waals surface area contributed by atoms with Gasteiger partial charge < -0.3 is 16.0 Å². The molecule has 3 rings (SSSR count). The van der Waals surface area contributed by atoms with Crippen LogP contribution in [0.2, 0.25) is 5.02 Å². The molecule has 0 aromatic heterocycles. The van der Waals surface area contributed by atoms with Crippen molar-refractivity contribution < 1.29 is 14.5 Å². The van der Waals surface area contributed by atoms with E-state index in [1.807, 2.05) is 0 Å². The number of urea groups is 1. The average Bonchev–Trinajstić information content (AvgIpc) is 2.63. The Morgan fingerprint density at radius 3 is 2.68 bits per heavy atom. The predicted molar refractivity (Wildman–Crippen MR) is 108 cm³/mol. The van der Waals surface area contributed by atoms with E-state index >= 15 is 0 Å². The first-order chi connectivity index (χ1) is 13.3. The maximum Gasteiger partial charge on any atom is 0.319 e. The Balaban J connectivity index is 2.02. The summed E-state index contributed by atoms with van der Waals surface area (Å²) < 4.78 is 0.296. The van der Waals surface area contributed by atoms with Crippen LogP contribution in [0.5, 0.6) is 0 Å². The molecular formula is C18H14BrClN4O4. The van der Waals surface area contributed by atoms with E-state index in [4.69, 9.17) is 11.6 Å². The Morgan fingerprint density at radius 2 is 2.00 bits per heavy atom. The highest BCUT2D eigenvalue weighted by Crippen LogP contribution is 2.33. The van der Waals surface area contributed by atoms with E-state index in [2.05, 4.69) is 31.9 Å². The Morgan fingerprint density at radius 1 is 1.29 bits per heavy atom. The van der Waals surface area contributed by atoms with Gasteiger partial charge in [-0.05, 0) is 46.6 Å². The molecule has 3 amide bonds. The lowest BCUT2D eigenvalue weighted by Gasteiger charge is -2.28. The zero-order chi connectivity index (χ0) is 20.4. The van der Waals surface area contributed by atoms with E-state index in [9.17, 15) is 19.7 Å². The SMILES string of the molecule is CC1=C(C(=O)Nc2ccccc2Cl)C(c2ccc(Br)c([N+](=O)[O-])c2)NC(=O)N1. The summed E-state index contributed by atoms with van der Waals surface area (Å²) in [5.41, 5.74) is 1.19. The lowest BCUT2D eigenvalue weighted by atomic mass is 9.94. The third-order valence-corrected chi connectivity index (χ3v) is 5.14. The molecule has 0 fully saturated rings. The number of nitro benzene ring substituents is 1. The lowest BCUT2D eigenvalue weighted by molar-refractivity contribution is -0.385. The van der Waals surface area contributed by atoms with Crippen molar-refractivity contribution in [2.75, 3.05) is 5.32 Å². The standard InChI is InChI=1S/C18H14BrClN4O4/c1-9-15(17(25)22-13-5-3-2-4-12(13)20)16(23-18(26)21-9)10-6-7-11(19)14(8-10)24(27)28/h2-8,16H,1H3,(H,22,25)(H2,21,23,26). The van der Waals surface area contributed by atoms with Crippen molar-refractivity contribution >= 4 is 50.8 Å². The molecule has 8 nitrogen and oxygen atoms in total. The summed E-state index contributed by atoms with van der Waals surface area (Å²) in [6.45, 7) is 1.58. The van der Waals surface area contributed by atoms with Gasteiger partial charge in [-0.3, -0.25) is 14.9 Å². The quantitative estimate of drug-likeness (QED) is 0.462. The van der Waals surface area contributed by atoms with E-state index < -0.39 is 22.9 Å². The van der Waals surface area contributed by atoms with E-state index in [1.165, 1.54) is 12.1 Å². The molecule has 2 aromatic carbocycles. The minimum Gasteiger partial charge on any atom is -0.327 e. The molecule has 1 unspecified atom stereocenters. The van der Waals surface area contributed by atoms with Gasteiger partial charge in [-0.15, -0.1) is 0 Å². The Kier molecular flexibility index (Phi) is 5.66. The third kappa shape index (κ3) is 4.00. The third-order valence-electron chi connectivity index (χ3n) is 4.14. The Hall–Kier alpha value is -2.91. The van der Waals surface area contributed by atoms with E-state index in [-0.39, 0.29) is 11.3 Å². The zero-order valence-electron chi connectivity index (χ0n) is 14.5. The number of carbonyl (C=O) groups is 2. The van der Waals surface area contributed by atoms with Gasteiger partial charge in [0.05, 0.1) is 31.7 Å². The Labute approximate surface area is 173 Å². The van der Waals surface area contributed by atoms with Crippen LogP contribution in [-0.2, 0) is 4.79 Å². The van der Waals surface area contributed by atoms with Gasteiger partial charge >= 0.3 is 6.03 Å². The van der Waals surface area contributed by atoms with Gasteiger partial charge in [0.1, 0.15) is 0 Å². The van der Waals surface area contributed by atoms with Crippen LogP contribution in [0.3, 0.4) is 0 Å². The number of halogens is 2. The molecule has 1 aliphatic heterocycles. The van der Waals surface area contributed by atoms with Crippen LogP contribution in [0.25, 0.3) is 0 Å². The maximum atomic E-state index is 12.9. The summed E-state index contributed by atoms with van der Waals surface area (Å²) in [6, 6.07) is 9.76. The van der Waals surface area contributed by atoms with Crippen LogP contribution in [-0.4, -0.2) is 16.9 Å². The van der Waals surface area contributed by atoms with E-state index in [1.54, 1.807) is 37.3 Å². The fourth-order valence-corrected chi connectivity index (χ4v) is 3.42. The summed E-state index contributed by atoms with van der Waals surface area (Å²) in [4.78, 5) is 35.6. The van der Waals surface area contributed by atoms with Crippen LogP contribution in [0.15, 0.2) is 58.2 Å². The molecule has 28 heavy (non-hydrogen) atoms. The van der Waals surface area contributed by atoms with Crippen molar-refractivity contribution in [2.45, 2.75) is 13.0 Å². The highest BCUT2D eigenvalue weighted by Gasteiger charge is 2.32. The molecule has 0 radical (unpaired) electrons. The molecular weight excluding hydrogens is 452 g/mol. The first kappa shape index (κ1) is 19.8. The molecule has 1 atom stereocenters. The lowest BCUT2D eigenvalue weighted by Crippen LogP contribution is -2.46. The second-order valence-corrected chi connectivity index (χ2v) is 7.23. The van der Waals surface area contributed by atoms with Gasteiger partial charge in [-0.2, -0.15) is 0 Å². The smallest absolute Gasteiger partial charge is 0.319 e. The molecule has 144 valence electrons. The highest BCUT2D eigenvalue weighted by atomic mass is 79.9. The highest BCUT2D eigenvalue weighted by molar-refractivity contribution is 9.10. The summed E-state index contributed by atoms with van der Waals surface area (Å²) in [6.07, 6.45) is 0. The van der Waals surface area contributed by atoms with E-state index in [0.29, 0.717) is 26.4 Å². The van der Waals surface area contributed by atoms with Crippen molar-refractivity contribution in [3.63, 3.8) is 0 Å². The van der Waals surface area contributed by atoms with Crippen LogP contribution in [0.1, 0.15) is 18.5 Å². The number of allylic oxidation sites excluding steroid dienone is 1. The van der Waals surface area contributed by atoms with Crippen LogP contribution >= 0.6 is 27.5 Å². The monoisotopic (exact) mass is 464 g/mol. The molecule has 0 saturated carbocycles. The zero-order valence-corrected chi connectivity index (χ0v) is 16.8. The van der Waals surface area contributed by atoms with Crippen LogP contribution < -0.4 is 16.0 Å². The van der Waals surface area contributed by atoms with Crippen molar-refractivity contribution in [1.82, 2.24) is 10.6 Å². The number of nitrogens with zero attached hydrogens (tertiary/aromatic N) is 1. The summed E-state index contributed by atoms with van der Waals surface area (Å²) >= 11 is 9.22. The molecule has 0 bridgehead atoms. The number of amides is 3. The average molecular weight is 466 g/mol.